The van der Waals surface area contributed by atoms with Gasteiger partial charge < -0.3 is 10.4 Å². The van der Waals surface area contributed by atoms with Crippen molar-refractivity contribution in [2.45, 2.75) is 37.1 Å². The quantitative estimate of drug-likeness (QED) is 0.649. The summed E-state index contributed by atoms with van der Waals surface area (Å²) in [4.78, 5) is 20.5. The van der Waals surface area contributed by atoms with Gasteiger partial charge in [-0.05, 0) is 30.7 Å². The lowest BCUT2D eigenvalue weighted by atomic mass is 9.78. The Bertz CT molecular complexity index is 933. The predicted octanol–water partition coefficient (Wildman–Crippen LogP) is 2.39. The molecule has 0 unspecified atom stereocenters. The van der Waals surface area contributed by atoms with E-state index in [4.69, 9.17) is 0 Å². The van der Waals surface area contributed by atoms with E-state index in [0.29, 0.717) is 11.1 Å². The average molecular weight is 448 g/mol. The summed E-state index contributed by atoms with van der Waals surface area (Å²) in [5, 5.41) is 12.1. The van der Waals surface area contributed by atoms with Gasteiger partial charge in [-0.25, -0.2) is 4.39 Å². The van der Waals surface area contributed by atoms with Crippen LogP contribution >= 0.6 is 0 Å². The molecule has 2 aliphatic rings. The highest BCUT2D eigenvalue weighted by Crippen LogP contribution is 2.38. The molecule has 2 N–H and O–H groups in total. The summed E-state index contributed by atoms with van der Waals surface area (Å²) in [5.74, 6) is -1.61. The van der Waals surface area contributed by atoms with Gasteiger partial charge in [0.1, 0.15) is 12.8 Å². The Morgan fingerprint density at radius 1 is 1.19 bits per heavy atom. The van der Waals surface area contributed by atoms with E-state index in [-0.39, 0.29) is 0 Å². The van der Waals surface area contributed by atoms with Crippen LogP contribution in [-0.2, 0) is 11.3 Å². The topological polar surface area (TPSA) is 68.7 Å². The van der Waals surface area contributed by atoms with Crippen molar-refractivity contribution >= 4 is 5.91 Å². The molecule has 2 aliphatic heterocycles. The lowest BCUT2D eigenvalue weighted by Gasteiger charge is -2.61. The summed E-state index contributed by atoms with van der Waals surface area (Å²) in [6.07, 6.45) is -1.65. The van der Waals surface area contributed by atoms with Crippen LogP contribution in [0.1, 0.15) is 23.8 Å². The molecule has 0 radical (unpaired) electrons. The van der Waals surface area contributed by atoms with E-state index in [2.05, 4.69) is 21.8 Å². The molecule has 172 valence electrons. The SMILES string of the molecule is CN1CCC12CN(Cc1ccc(-c3ccc([C@H](O)[C@@H](CF)NC(=O)C(F)F)cc3)cn1)C2. The molecule has 0 bridgehead atoms. The maximum absolute atomic E-state index is 13.2. The number of hydrogen-bond donors (Lipinski definition) is 2. The maximum Gasteiger partial charge on any atom is 0.315 e. The number of carbonyl (C=O) groups excluding carboxylic acids is 1. The Kier molecular flexibility index (Phi) is 6.50. The minimum Gasteiger partial charge on any atom is -0.386 e. The van der Waals surface area contributed by atoms with Gasteiger partial charge >= 0.3 is 6.43 Å². The molecule has 0 aliphatic carbocycles. The first kappa shape index (κ1) is 22.7. The van der Waals surface area contributed by atoms with Crippen LogP contribution in [-0.4, -0.2) is 77.2 Å². The van der Waals surface area contributed by atoms with Crippen LogP contribution in [0.25, 0.3) is 11.1 Å². The number of rotatable bonds is 8. The van der Waals surface area contributed by atoms with Crippen molar-refractivity contribution < 1.29 is 23.1 Å². The van der Waals surface area contributed by atoms with Crippen LogP contribution < -0.4 is 5.32 Å². The van der Waals surface area contributed by atoms with Gasteiger partial charge in [-0.15, -0.1) is 0 Å². The summed E-state index contributed by atoms with van der Waals surface area (Å²) >= 11 is 0. The fraction of sp³-hybridized carbons (Fsp3) is 0.478. The second-order valence-corrected chi connectivity index (χ2v) is 8.72. The molecule has 3 heterocycles. The number of likely N-dealkylation sites (N-methyl/N-ethyl adjacent to an activating group) is 1. The van der Waals surface area contributed by atoms with Crippen LogP contribution in [0.5, 0.6) is 0 Å². The molecule has 9 heteroatoms. The first-order valence-corrected chi connectivity index (χ1v) is 10.6. The van der Waals surface area contributed by atoms with Gasteiger partial charge in [0, 0.05) is 43.5 Å². The first-order valence-electron chi connectivity index (χ1n) is 10.6. The molecule has 0 saturated carbocycles. The van der Waals surface area contributed by atoms with Gasteiger partial charge in [-0.3, -0.25) is 19.6 Å². The molecule has 1 amide bonds. The number of nitrogens with one attached hydrogen (secondary N) is 1. The van der Waals surface area contributed by atoms with Gasteiger partial charge in [-0.1, -0.05) is 30.3 Å². The number of carbonyl (C=O) groups is 1. The Balaban J connectivity index is 1.34. The average Bonchev–Trinajstić information content (AvgIpc) is 2.78. The summed E-state index contributed by atoms with van der Waals surface area (Å²) < 4.78 is 38.0. The number of aromatic nitrogens is 1. The largest absolute Gasteiger partial charge is 0.386 e. The fourth-order valence-corrected chi connectivity index (χ4v) is 4.42. The Morgan fingerprint density at radius 3 is 2.38 bits per heavy atom. The summed E-state index contributed by atoms with van der Waals surface area (Å²) in [7, 11) is 2.18. The third-order valence-electron chi connectivity index (χ3n) is 6.63. The molecule has 1 aromatic heterocycles. The number of aliphatic hydroxyl groups is 1. The molecule has 6 nitrogen and oxygen atoms in total. The van der Waals surface area contributed by atoms with Gasteiger partial charge in [-0.2, -0.15) is 8.78 Å². The summed E-state index contributed by atoms with van der Waals surface area (Å²) in [6, 6.07) is 9.18. The second kappa shape index (κ2) is 9.17. The van der Waals surface area contributed by atoms with E-state index < -0.39 is 31.2 Å². The summed E-state index contributed by atoms with van der Waals surface area (Å²) in [6.45, 7) is 2.98. The lowest BCUT2D eigenvalue weighted by molar-refractivity contribution is -0.133. The second-order valence-electron chi connectivity index (χ2n) is 8.72. The fourth-order valence-electron chi connectivity index (χ4n) is 4.42. The molecule has 32 heavy (non-hydrogen) atoms. The predicted molar refractivity (Wildman–Crippen MR) is 114 cm³/mol. The Hall–Kier alpha value is -2.49. The number of aliphatic hydroxyl groups excluding tert-OH is 1. The number of alkyl halides is 3. The van der Waals surface area contributed by atoms with Gasteiger partial charge in [0.25, 0.3) is 5.91 Å². The van der Waals surface area contributed by atoms with E-state index >= 15 is 0 Å². The molecular formula is C23H27F3N4O2. The van der Waals surface area contributed by atoms with E-state index in [1.807, 2.05) is 17.4 Å². The normalized spacial score (nSPS) is 19.9. The maximum atomic E-state index is 13.2. The standard InChI is InChI=1S/C23H27F3N4O2/c1-29-9-8-23(29)13-30(14-23)12-18-7-6-17(11-27-18)15-2-4-16(5-3-15)20(31)19(10-24)28-22(32)21(25)26/h2-7,11,19-21,31H,8-10,12-14H2,1H3,(H,28,32)/t19-,20+/m1/s1. The van der Waals surface area contributed by atoms with Crippen LogP contribution in [0.2, 0.25) is 0 Å². The van der Waals surface area contributed by atoms with Crippen LogP contribution in [0, 0.1) is 0 Å². The highest BCUT2D eigenvalue weighted by molar-refractivity contribution is 5.79. The van der Waals surface area contributed by atoms with Crippen LogP contribution in [0.15, 0.2) is 42.6 Å². The van der Waals surface area contributed by atoms with Crippen molar-refractivity contribution in [1.29, 1.82) is 0 Å². The number of nitrogens with zero attached hydrogens (tertiary/aromatic N) is 3. The van der Waals surface area contributed by atoms with Crippen molar-refractivity contribution in [1.82, 2.24) is 20.1 Å². The van der Waals surface area contributed by atoms with Crippen molar-refractivity contribution in [2.75, 3.05) is 33.4 Å². The molecule has 2 aromatic rings. The molecule has 2 saturated heterocycles. The number of benzene rings is 1. The summed E-state index contributed by atoms with van der Waals surface area (Å²) in [5.41, 5.74) is 3.45. The number of hydrogen-bond acceptors (Lipinski definition) is 5. The zero-order valence-electron chi connectivity index (χ0n) is 17.8. The minimum atomic E-state index is -3.27. The molecule has 1 aromatic carbocycles. The molecular weight excluding hydrogens is 421 g/mol. The van der Waals surface area contributed by atoms with E-state index in [0.717, 1.165) is 36.5 Å². The monoisotopic (exact) mass is 448 g/mol. The van der Waals surface area contributed by atoms with Crippen molar-refractivity contribution in [2.24, 2.45) is 0 Å². The molecule has 2 atom stereocenters. The van der Waals surface area contributed by atoms with Crippen LogP contribution in [0.4, 0.5) is 13.2 Å². The number of halogens is 3. The minimum absolute atomic E-state index is 0.322. The van der Waals surface area contributed by atoms with Crippen molar-refractivity contribution in [3.05, 3.63) is 53.9 Å². The van der Waals surface area contributed by atoms with E-state index in [1.54, 1.807) is 30.5 Å². The van der Waals surface area contributed by atoms with Crippen molar-refractivity contribution in [3.8, 4) is 11.1 Å². The van der Waals surface area contributed by atoms with Gasteiger partial charge in [0.2, 0.25) is 0 Å². The molecule has 4 rings (SSSR count). The smallest absolute Gasteiger partial charge is 0.315 e. The highest BCUT2D eigenvalue weighted by Gasteiger charge is 2.51. The third kappa shape index (κ3) is 4.51. The molecule has 2 fully saturated rings. The molecule has 1 spiro atoms. The third-order valence-corrected chi connectivity index (χ3v) is 6.63. The van der Waals surface area contributed by atoms with Gasteiger partial charge in [0.15, 0.2) is 0 Å². The van der Waals surface area contributed by atoms with E-state index in [9.17, 15) is 23.1 Å². The van der Waals surface area contributed by atoms with E-state index in [1.165, 1.54) is 13.0 Å². The Morgan fingerprint density at radius 2 is 1.88 bits per heavy atom. The Labute approximate surface area is 185 Å². The lowest BCUT2D eigenvalue weighted by Crippen LogP contribution is -2.75. The van der Waals surface area contributed by atoms with Crippen LogP contribution in [0.3, 0.4) is 0 Å². The highest BCUT2D eigenvalue weighted by atomic mass is 19.3. The number of likely N-dealkylation sites (tertiary alicyclic amines) is 2. The number of pyridine rings is 1. The number of amides is 1. The first-order chi connectivity index (χ1) is 15.3. The zero-order chi connectivity index (χ0) is 22.9. The zero-order valence-corrected chi connectivity index (χ0v) is 17.8. The van der Waals surface area contributed by atoms with Gasteiger partial charge in [0.05, 0.1) is 11.7 Å². The van der Waals surface area contributed by atoms with Crippen molar-refractivity contribution in [3.63, 3.8) is 0 Å².